The summed E-state index contributed by atoms with van der Waals surface area (Å²) in [7, 11) is 0. The van der Waals surface area contributed by atoms with Crippen molar-refractivity contribution in [1.82, 2.24) is 5.01 Å². The number of fused-ring (bicyclic) bond motifs is 5. The van der Waals surface area contributed by atoms with Crippen LogP contribution in [0.1, 0.15) is 18.9 Å². The van der Waals surface area contributed by atoms with E-state index in [4.69, 9.17) is 9.47 Å². The van der Waals surface area contributed by atoms with Gasteiger partial charge in [0.05, 0.1) is 24.7 Å². The summed E-state index contributed by atoms with van der Waals surface area (Å²) >= 11 is 0. The number of rotatable bonds is 8. The van der Waals surface area contributed by atoms with E-state index in [0.717, 1.165) is 11.4 Å². The molecule has 0 radical (unpaired) electrons. The highest BCUT2D eigenvalue weighted by atomic mass is 19.1. The Kier molecular flexibility index (Phi) is 6.07. The molecule has 8 nitrogen and oxygen atoms in total. The van der Waals surface area contributed by atoms with Crippen LogP contribution in [-0.2, 0) is 14.4 Å². The first-order chi connectivity index (χ1) is 16.9. The molecule has 9 heteroatoms. The Balaban J connectivity index is 1.24. The van der Waals surface area contributed by atoms with Gasteiger partial charge in [-0.1, -0.05) is 12.2 Å². The number of imide groups is 1. The second-order valence-electron chi connectivity index (χ2n) is 8.72. The molecule has 35 heavy (non-hydrogen) atoms. The zero-order valence-electron chi connectivity index (χ0n) is 19.0. The highest BCUT2D eigenvalue weighted by Gasteiger charge is 2.59. The molecule has 0 aromatic heterocycles. The van der Waals surface area contributed by atoms with Crippen LogP contribution in [0.5, 0.6) is 11.5 Å². The standard InChI is InChI=1S/C26H24FN3O5/c1-2-34-21-11-15(3-10-20(21)35-14-22(31)29-19-8-6-18(27)7-9-19)13-28-30-25(32)23-16-4-5-17(12-16)24(23)26(30)33/h3-11,13,16-17,23-24H,2,12,14H2,1H3,(H,29,31)/t16-,17-,23-,24+/m0/s1. The first kappa shape index (κ1) is 22.8. The molecular formula is C26H24FN3O5. The summed E-state index contributed by atoms with van der Waals surface area (Å²) in [6.07, 6.45) is 6.39. The van der Waals surface area contributed by atoms with E-state index in [-0.39, 0.29) is 42.1 Å². The lowest BCUT2D eigenvalue weighted by Crippen LogP contribution is -2.28. The van der Waals surface area contributed by atoms with Gasteiger partial charge in [-0.25, -0.2) is 4.39 Å². The van der Waals surface area contributed by atoms with Crippen molar-refractivity contribution >= 4 is 29.6 Å². The number of nitrogens with zero attached hydrogens (tertiary/aromatic N) is 2. The number of anilines is 1. The average molecular weight is 477 g/mol. The highest BCUT2D eigenvalue weighted by Crippen LogP contribution is 2.52. The van der Waals surface area contributed by atoms with Crippen LogP contribution in [0.25, 0.3) is 0 Å². The zero-order chi connectivity index (χ0) is 24.5. The van der Waals surface area contributed by atoms with Crippen LogP contribution in [-0.4, -0.2) is 42.2 Å². The third-order valence-corrected chi connectivity index (χ3v) is 6.52. The topological polar surface area (TPSA) is 97.3 Å². The van der Waals surface area contributed by atoms with Crippen molar-refractivity contribution in [2.24, 2.45) is 28.8 Å². The molecule has 1 aliphatic heterocycles. The molecule has 1 N–H and O–H groups in total. The molecule has 0 spiro atoms. The molecule has 180 valence electrons. The predicted octanol–water partition coefficient (Wildman–Crippen LogP) is 3.38. The van der Waals surface area contributed by atoms with E-state index in [1.807, 2.05) is 19.1 Å². The number of ether oxygens (including phenoxy) is 2. The van der Waals surface area contributed by atoms with Crippen LogP contribution in [0.15, 0.2) is 59.7 Å². The van der Waals surface area contributed by atoms with Crippen molar-refractivity contribution in [3.05, 3.63) is 66.0 Å². The van der Waals surface area contributed by atoms with E-state index >= 15 is 0 Å². The predicted molar refractivity (Wildman–Crippen MR) is 125 cm³/mol. The number of carbonyl (C=O) groups is 3. The molecule has 2 aliphatic carbocycles. The van der Waals surface area contributed by atoms with Gasteiger partial charge in [-0.15, -0.1) is 0 Å². The molecule has 1 saturated carbocycles. The molecule has 2 fully saturated rings. The Morgan fingerprint density at radius 3 is 2.40 bits per heavy atom. The molecule has 2 aromatic rings. The Hall–Kier alpha value is -4.01. The monoisotopic (exact) mass is 477 g/mol. The Morgan fingerprint density at radius 2 is 1.74 bits per heavy atom. The molecule has 2 bridgehead atoms. The Bertz CT molecular complexity index is 1200. The molecule has 5 rings (SSSR count). The summed E-state index contributed by atoms with van der Waals surface area (Å²) in [5.74, 6) is -0.898. The highest BCUT2D eigenvalue weighted by molar-refractivity contribution is 6.06. The van der Waals surface area contributed by atoms with E-state index in [9.17, 15) is 18.8 Å². The van der Waals surface area contributed by atoms with E-state index in [0.29, 0.717) is 29.4 Å². The second-order valence-corrected chi connectivity index (χ2v) is 8.72. The number of hydrogen-bond donors (Lipinski definition) is 1. The van der Waals surface area contributed by atoms with Crippen molar-refractivity contribution in [1.29, 1.82) is 0 Å². The zero-order valence-corrected chi connectivity index (χ0v) is 19.0. The minimum atomic E-state index is -0.412. The third kappa shape index (κ3) is 4.41. The number of allylic oxidation sites excluding steroid dienone is 2. The molecule has 0 unspecified atom stereocenters. The fourth-order valence-electron chi connectivity index (χ4n) is 4.99. The number of hydrogen-bond acceptors (Lipinski definition) is 6. The van der Waals surface area contributed by atoms with Crippen molar-refractivity contribution in [3.63, 3.8) is 0 Å². The number of nitrogens with one attached hydrogen (secondary N) is 1. The minimum absolute atomic E-state index is 0.128. The van der Waals surface area contributed by atoms with Crippen LogP contribution in [0.4, 0.5) is 10.1 Å². The van der Waals surface area contributed by atoms with Gasteiger partial charge in [-0.3, -0.25) is 14.4 Å². The number of carbonyl (C=O) groups excluding carboxylic acids is 3. The summed E-state index contributed by atoms with van der Waals surface area (Å²) in [6, 6.07) is 10.4. The lowest BCUT2D eigenvalue weighted by molar-refractivity contribution is -0.140. The maximum Gasteiger partial charge on any atom is 0.262 e. The number of halogens is 1. The molecule has 4 atom stereocenters. The maximum absolute atomic E-state index is 13.0. The smallest absolute Gasteiger partial charge is 0.262 e. The summed E-state index contributed by atoms with van der Waals surface area (Å²) in [5.41, 5.74) is 1.06. The first-order valence-corrected chi connectivity index (χ1v) is 11.5. The molecule has 2 aromatic carbocycles. The molecule has 3 aliphatic rings. The molecule has 3 amide bonds. The normalized spacial score (nSPS) is 24.3. The van der Waals surface area contributed by atoms with Gasteiger partial charge in [-0.05, 0) is 73.2 Å². The maximum atomic E-state index is 13.0. The second kappa shape index (κ2) is 9.32. The number of benzene rings is 2. The largest absolute Gasteiger partial charge is 0.490 e. The Morgan fingerprint density at radius 1 is 1.06 bits per heavy atom. The van der Waals surface area contributed by atoms with Gasteiger partial charge in [0.25, 0.3) is 17.7 Å². The van der Waals surface area contributed by atoms with E-state index in [2.05, 4.69) is 10.4 Å². The fraction of sp³-hybridized carbons (Fsp3) is 0.308. The van der Waals surface area contributed by atoms with Crippen molar-refractivity contribution < 1.29 is 28.2 Å². The van der Waals surface area contributed by atoms with Crippen molar-refractivity contribution in [3.8, 4) is 11.5 Å². The van der Waals surface area contributed by atoms with Gasteiger partial charge in [0.2, 0.25) is 0 Å². The van der Waals surface area contributed by atoms with E-state index in [1.54, 1.807) is 18.2 Å². The Labute approximate surface area is 201 Å². The van der Waals surface area contributed by atoms with Crippen LogP contribution in [0, 0.1) is 29.5 Å². The molecule has 1 heterocycles. The third-order valence-electron chi connectivity index (χ3n) is 6.52. The van der Waals surface area contributed by atoms with Crippen LogP contribution in [0.3, 0.4) is 0 Å². The van der Waals surface area contributed by atoms with Gasteiger partial charge in [0.15, 0.2) is 18.1 Å². The van der Waals surface area contributed by atoms with Gasteiger partial charge in [-0.2, -0.15) is 10.1 Å². The number of amides is 3. The number of hydrazone groups is 1. The summed E-state index contributed by atoms with van der Waals surface area (Å²) in [4.78, 5) is 37.8. The van der Waals surface area contributed by atoms with Gasteiger partial charge < -0.3 is 14.8 Å². The molecular weight excluding hydrogens is 453 g/mol. The van der Waals surface area contributed by atoms with Gasteiger partial charge >= 0.3 is 0 Å². The van der Waals surface area contributed by atoms with Crippen LogP contribution < -0.4 is 14.8 Å². The van der Waals surface area contributed by atoms with Gasteiger partial charge in [0, 0.05) is 5.69 Å². The van der Waals surface area contributed by atoms with E-state index in [1.165, 1.54) is 30.5 Å². The molecule has 1 saturated heterocycles. The van der Waals surface area contributed by atoms with Gasteiger partial charge in [0.1, 0.15) is 5.82 Å². The minimum Gasteiger partial charge on any atom is -0.490 e. The lowest BCUT2D eigenvalue weighted by atomic mass is 9.85. The van der Waals surface area contributed by atoms with E-state index < -0.39 is 11.7 Å². The van der Waals surface area contributed by atoms with Crippen LogP contribution >= 0.6 is 0 Å². The van der Waals surface area contributed by atoms with Crippen molar-refractivity contribution in [2.45, 2.75) is 13.3 Å². The summed E-state index contributed by atoms with van der Waals surface area (Å²) in [6.45, 7) is 1.90. The lowest BCUT2D eigenvalue weighted by Gasteiger charge is -2.13. The van der Waals surface area contributed by atoms with Crippen LogP contribution in [0.2, 0.25) is 0 Å². The quantitative estimate of drug-likeness (QED) is 0.357. The summed E-state index contributed by atoms with van der Waals surface area (Å²) in [5, 5.41) is 7.80. The SMILES string of the molecule is CCOc1cc(C=NN2C(=O)[C@@H]3[C@H](C2=O)[C@H]2C=C[C@H]3C2)ccc1OCC(=O)Nc1ccc(F)cc1. The average Bonchev–Trinajstić information content (AvgIpc) is 3.53. The summed E-state index contributed by atoms with van der Waals surface area (Å²) < 4.78 is 24.3. The van der Waals surface area contributed by atoms with Crippen molar-refractivity contribution in [2.75, 3.05) is 18.5 Å². The fourth-order valence-corrected chi connectivity index (χ4v) is 4.99. The first-order valence-electron chi connectivity index (χ1n) is 11.5.